The number of carbonyl (C=O) groups excluding carboxylic acids is 1. The molecule has 2 heterocycles. The Balaban J connectivity index is 1.76. The molecule has 3 aromatic rings. The van der Waals surface area contributed by atoms with Crippen molar-refractivity contribution in [1.29, 1.82) is 0 Å². The van der Waals surface area contributed by atoms with E-state index >= 15 is 0 Å². The molecule has 0 bridgehead atoms. The summed E-state index contributed by atoms with van der Waals surface area (Å²) >= 11 is 1.19. The second kappa shape index (κ2) is 7.52. The zero-order valence-electron chi connectivity index (χ0n) is 15.4. The summed E-state index contributed by atoms with van der Waals surface area (Å²) < 4.78 is 21.3. The fourth-order valence-corrected chi connectivity index (χ4v) is 4.08. The SMILES string of the molecule is COc1ccc(N2Sc3cccc(F)c3N(Cc3ccccc3C)C2=O)cn1. The quantitative estimate of drug-likeness (QED) is 0.570. The van der Waals surface area contributed by atoms with Gasteiger partial charge < -0.3 is 4.74 Å². The third-order valence-corrected chi connectivity index (χ3v) is 5.64. The van der Waals surface area contributed by atoms with Crippen molar-refractivity contribution < 1.29 is 13.9 Å². The van der Waals surface area contributed by atoms with Gasteiger partial charge in [-0.3, -0.25) is 4.90 Å². The van der Waals surface area contributed by atoms with E-state index in [1.807, 2.05) is 37.3 Å². The number of carbonyl (C=O) groups is 1. The Morgan fingerprint density at radius 3 is 2.64 bits per heavy atom. The molecule has 0 unspecified atom stereocenters. The molecule has 0 fully saturated rings. The molecule has 1 aliphatic heterocycles. The number of aryl methyl sites for hydroxylation is 1. The van der Waals surface area contributed by atoms with Gasteiger partial charge in [-0.1, -0.05) is 30.3 Å². The molecule has 0 radical (unpaired) electrons. The minimum atomic E-state index is -0.417. The van der Waals surface area contributed by atoms with Gasteiger partial charge in [-0.05, 0) is 48.2 Å². The number of hydrogen-bond acceptors (Lipinski definition) is 4. The Morgan fingerprint density at radius 1 is 1.11 bits per heavy atom. The van der Waals surface area contributed by atoms with Crippen molar-refractivity contribution in [2.45, 2.75) is 18.4 Å². The number of pyridine rings is 1. The zero-order valence-corrected chi connectivity index (χ0v) is 16.2. The first-order chi connectivity index (χ1) is 13.6. The molecular formula is C21H18FN3O2S. The smallest absolute Gasteiger partial charge is 0.340 e. The van der Waals surface area contributed by atoms with E-state index in [-0.39, 0.29) is 12.6 Å². The number of benzene rings is 2. The third kappa shape index (κ3) is 3.29. The van der Waals surface area contributed by atoms with Crippen LogP contribution in [-0.2, 0) is 6.54 Å². The van der Waals surface area contributed by atoms with Crippen LogP contribution in [0.15, 0.2) is 65.7 Å². The summed E-state index contributed by atoms with van der Waals surface area (Å²) in [5.41, 5.74) is 2.91. The monoisotopic (exact) mass is 395 g/mol. The number of para-hydroxylation sites is 1. The van der Waals surface area contributed by atoms with Gasteiger partial charge in [-0.25, -0.2) is 18.5 Å². The van der Waals surface area contributed by atoms with E-state index in [2.05, 4.69) is 4.98 Å². The first kappa shape index (κ1) is 18.3. The number of urea groups is 1. The highest BCUT2D eigenvalue weighted by Gasteiger charge is 2.35. The van der Waals surface area contributed by atoms with E-state index in [4.69, 9.17) is 4.74 Å². The number of aromatic nitrogens is 1. The topological polar surface area (TPSA) is 45.7 Å². The average Bonchev–Trinajstić information content (AvgIpc) is 2.71. The highest BCUT2D eigenvalue weighted by Crippen LogP contribution is 2.43. The molecule has 0 saturated heterocycles. The largest absolute Gasteiger partial charge is 0.481 e. The summed E-state index contributed by atoms with van der Waals surface area (Å²) in [6, 6.07) is 15.7. The first-order valence-corrected chi connectivity index (χ1v) is 9.48. The number of anilines is 2. The number of ether oxygens (including phenoxy) is 1. The summed E-state index contributed by atoms with van der Waals surface area (Å²) in [4.78, 5) is 19.6. The summed E-state index contributed by atoms with van der Waals surface area (Å²) in [5.74, 6) is 0.0425. The Hall–Kier alpha value is -3.06. The minimum Gasteiger partial charge on any atom is -0.481 e. The highest BCUT2D eigenvalue weighted by atomic mass is 32.2. The number of hydrogen-bond donors (Lipinski definition) is 0. The van der Waals surface area contributed by atoms with E-state index < -0.39 is 5.82 Å². The van der Waals surface area contributed by atoms with Gasteiger partial charge in [0.15, 0.2) is 0 Å². The number of methoxy groups -OCH3 is 1. The van der Waals surface area contributed by atoms with Crippen LogP contribution in [0, 0.1) is 12.7 Å². The highest BCUT2D eigenvalue weighted by molar-refractivity contribution is 8.01. The Bertz CT molecular complexity index is 1030. The lowest BCUT2D eigenvalue weighted by atomic mass is 10.1. The summed E-state index contributed by atoms with van der Waals surface area (Å²) in [7, 11) is 1.53. The van der Waals surface area contributed by atoms with E-state index in [1.54, 1.807) is 24.4 Å². The van der Waals surface area contributed by atoms with Crippen molar-refractivity contribution >= 4 is 29.4 Å². The predicted molar refractivity (Wildman–Crippen MR) is 108 cm³/mol. The van der Waals surface area contributed by atoms with Crippen molar-refractivity contribution in [2.24, 2.45) is 0 Å². The maximum absolute atomic E-state index is 14.7. The molecule has 0 aliphatic carbocycles. The summed E-state index contributed by atoms with van der Waals surface area (Å²) in [6.07, 6.45) is 1.57. The minimum absolute atomic E-state index is 0.278. The van der Waals surface area contributed by atoms with Gasteiger partial charge in [0.05, 0.1) is 36.1 Å². The number of halogens is 1. The van der Waals surface area contributed by atoms with Crippen molar-refractivity contribution in [1.82, 2.24) is 4.98 Å². The Morgan fingerprint density at radius 2 is 1.93 bits per heavy atom. The van der Waals surface area contributed by atoms with Gasteiger partial charge in [0.1, 0.15) is 5.82 Å². The molecule has 142 valence electrons. The summed E-state index contributed by atoms with van der Waals surface area (Å²) in [5, 5.41) is 0. The van der Waals surface area contributed by atoms with Gasteiger partial charge in [-0.15, -0.1) is 0 Å². The van der Waals surface area contributed by atoms with E-state index in [1.165, 1.54) is 34.3 Å². The lowest BCUT2D eigenvalue weighted by Crippen LogP contribution is -2.43. The second-order valence-electron chi connectivity index (χ2n) is 6.33. The van der Waals surface area contributed by atoms with Crippen LogP contribution >= 0.6 is 11.9 Å². The molecule has 4 rings (SSSR count). The number of fused-ring (bicyclic) bond motifs is 1. The maximum atomic E-state index is 14.7. The molecule has 7 heteroatoms. The van der Waals surface area contributed by atoms with Crippen molar-refractivity contribution in [3.05, 3.63) is 77.7 Å². The Labute approximate surface area is 166 Å². The van der Waals surface area contributed by atoms with Gasteiger partial charge in [0.2, 0.25) is 5.88 Å². The van der Waals surface area contributed by atoms with Gasteiger partial charge in [-0.2, -0.15) is 0 Å². The second-order valence-corrected chi connectivity index (χ2v) is 7.31. The van der Waals surface area contributed by atoms with E-state index in [9.17, 15) is 9.18 Å². The van der Waals surface area contributed by atoms with Crippen LogP contribution < -0.4 is 13.9 Å². The fourth-order valence-electron chi connectivity index (χ4n) is 3.05. The molecule has 1 aromatic heterocycles. The molecule has 28 heavy (non-hydrogen) atoms. The lowest BCUT2D eigenvalue weighted by molar-refractivity contribution is 0.254. The molecule has 1 aliphatic rings. The number of amides is 2. The first-order valence-electron chi connectivity index (χ1n) is 8.71. The number of nitrogens with zero attached hydrogens (tertiary/aromatic N) is 3. The van der Waals surface area contributed by atoms with E-state index in [0.29, 0.717) is 22.2 Å². The molecule has 5 nitrogen and oxygen atoms in total. The third-order valence-electron chi connectivity index (χ3n) is 4.57. The van der Waals surface area contributed by atoms with Crippen LogP contribution in [0.25, 0.3) is 0 Å². The van der Waals surface area contributed by atoms with Crippen molar-refractivity contribution in [3.8, 4) is 5.88 Å². The van der Waals surface area contributed by atoms with Gasteiger partial charge in [0.25, 0.3) is 0 Å². The van der Waals surface area contributed by atoms with Crippen LogP contribution in [0.1, 0.15) is 11.1 Å². The maximum Gasteiger partial charge on any atom is 0.340 e. The molecule has 2 aromatic carbocycles. The predicted octanol–water partition coefficient (Wildman–Crippen LogP) is 5.19. The zero-order chi connectivity index (χ0) is 19.7. The molecule has 0 atom stereocenters. The molecule has 2 amide bonds. The van der Waals surface area contributed by atoms with Crippen molar-refractivity contribution in [2.75, 3.05) is 16.3 Å². The molecule has 0 saturated carbocycles. The van der Waals surface area contributed by atoms with Crippen LogP contribution in [0.4, 0.5) is 20.6 Å². The number of rotatable bonds is 4. The average molecular weight is 395 g/mol. The van der Waals surface area contributed by atoms with Gasteiger partial charge in [0, 0.05) is 6.07 Å². The summed E-state index contributed by atoms with van der Waals surface area (Å²) in [6.45, 7) is 2.26. The van der Waals surface area contributed by atoms with Crippen LogP contribution in [-0.4, -0.2) is 18.1 Å². The van der Waals surface area contributed by atoms with Gasteiger partial charge >= 0.3 is 6.03 Å². The van der Waals surface area contributed by atoms with Crippen LogP contribution in [0.5, 0.6) is 5.88 Å². The van der Waals surface area contributed by atoms with E-state index in [0.717, 1.165) is 11.1 Å². The van der Waals surface area contributed by atoms with Crippen molar-refractivity contribution in [3.63, 3.8) is 0 Å². The molecular weight excluding hydrogens is 377 g/mol. The van der Waals surface area contributed by atoms with Crippen LogP contribution in [0.2, 0.25) is 0 Å². The van der Waals surface area contributed by atoms with Crippen LogP contribution in [0.3, 0.4) is 0 Å². The fraction of sp³-hybridized carbons (Fsp3) is 0.143. The normalized spacial score (nSPS) is 13.5. The molecule has 0 N–H and O–H groups in total. The standard InChI is InChI=1S/C21H18FN3O2S/c1-14-6-3-4-7-15(14)13-24-20-17(22)8-5-9-18(20)28-25(21(24)26)16-10-11-19(27-2)23-12-16/h3-12H,13H2,1-2H3. The lowest BCUT2D eigenvalue weighted by Gasteiger charge is -2.36. The molecule has 0 spiro atoms. The Kier molecular flexibility index (Phi) is 4.92.